The maximum Gasteiger partial charge on any atom is 0.295 e. The number of carbonyl (C=O) groups excluding carboxylic acids is 3. The van der Waals surface area contributed by atoms with Crippen LogP contribution in [0.15, 0.2) is 53.0 Å². The van der Waals surface area contributed by atoms with Gasteiger partial charge in [0.15, 0.2) is 0 Å². The predicted octanol–water partition coefficient (Wildman–Crippen LogP) is 2.64. The van der Waals surface area contributed by atoms with Crippen LogP contribution in [0.25, 0.3) is 0 Å². The fourth-order valence-electron chi connectivity index (χ4n) is 2.85. The van der Waals surface area contributed by atoms with E-state index in [-0.39, 0.29) is 12.5 Å². The average molecular weight is 401 g/mol. The summed E-state index contributed by atoms with van der Waals surface area (Å²) in [7, 11) is 0. The van der Waals surface area contributed by atoms with E-state index in [2.05, 4.69) is 21.2 Å². The molecule has 0 aliphatic carbocycles. The Hall–Kier alpha value is -2.47. The van der Waals surface area contributed by atoms with Crippen LogP contribution in [0, 0.1) is 6.92 Å². The Morgan fingerprint density at radius 2 is 1.80 bits per heavy atom. The second kappa shape index (κ2) is 7.19. The molecular weight excluding hydrogens is 384 g/mol. The highest BCUT2D eigenvalue weighted by Gasteiger charge is 2.38. The van der Waals surface area contributed by atoms with E-state index >= 15 is 0 Å². The van der Waals surface area contributed by atoms with E-state index in [4.69, 9.17) is 0 Å². The van der Waals surface area contributed by atoms with Gasteiger partial charge in [0.05, 0.1) is 0 Å². The van der Waals surface area contributed by atoms with E-state index in [1.165, 1.54) is 4.90 Å². The molecule has 1 atom stereocenters. The Kier molecular flexibility index (Phi) is 4.99. The van der Waals surface area contributed by atoms with E-state index in [0.29, 0.717) is 17.7 Å². The van der Waals surface area contributed by atoms with Gasteiger partial charge < -0.3 is 10.2 Å². The SMILES string of the molecule is Cc1ccc(C(=O)C(=O)N2CCNC(=O)[C@H]2c2ccccc2Br)cc1. The predicted molar refractivity (Wildman–Crippen MR) is 97.1 cm³/mol. The number of carbonyl (C=O) groups is 3. The van der Waals surface area contributed by atoms with Gasteiger partial charge in [0.1, 0.15) is 6.04 Å². The van der Waals surface area contributed by atoms with E-state index in [0.717, 1.165) is 10.0 Å². The van der Waals surface area contributed by atoms with Crippen molar-refractivity contribution in [1.82, 2.24) is 10.2 Å². The van der Waals surface area contributed by atoms with E-state index in [1.807, 2.05) is 19.1 Å². The van der Waals surface area contributed by atoms with Gasteiger partial charge in [0.2, 0.25) is 11.7 Å². The number of rotatable bonds is 3. The summed E-state index contributed by atoms with van der Waals surface area (Å²) in [6.07, 6.45) is 0. The number of nitrogens with one attached hydrogen (secondary N) is 1. The van der Waals surface area contributed by atoms with Crippen molar-refractivity contribution in [1.29, 1.82) is 0 Å². The Morgan fingerprint density at radius 1 is 1.12 bits per heavy atom. The summed E-state index contributed by atoms with van der Waals surface area (Å²) in [4.78, 5) is 39.2. The summed E-state index contributed by atoms with van der Waals surface area (Å²) < 4.78 is 0.720. The first kappa shape index (κ1) is 17.4. The molecule has 1 fully saturated rings. The molecule has 6 heteroatoms. The van der Waals surface area contributed by atoms with Gasteiger partial charge in [-0.1, -0.05) is 64.0 Å². The number of aryl methyl sites for hydroxylation is 1. The lowest BCUT2D eigenvalue weighted by atomic mass is 10.0. The third-order valence-corrected chi connectivity index (χ3v) is 4.90. The maximum absolute atomic E-state index is 12.8. The highest BCUT2D eigenvalue weighted by Crippen LogP contribution is 2.30. The van der Waals surface area contributed by atoms with Gasteiger partial charge in [-0.25, -0.2) is 0 Å². The van der Waals surface area contributed by atoms with Crippen LogP contribution in [0.2, 0.25) is 0 Å². The molecule has 0 bridgehead atoms. The van der Waals surface area contributed by atoms with Crippen LogP contribution in [0.1, 0.15) is 27.5 Å². The highest BCUT2D eigenvalue weighted by atomic mass is 79.9. The van der Waals surface area contributed by atoms with Crippen LogP contribution in [0.3, 0.4) is 0 Å². The molecule has 1 N–H and O–H groups in total. The number of amides is 2. The Bertz CT molecular complexity index is 833. The second-order valence-corrected chi connectivity index (χ2v) is 6.76. The Labute approximate surface area is 154 Å². The third-order valence-electron chi connectivity index (χ3n) is 4.18. The lowest BCUT2D eigenvalue weighted by molar-refractivity contribution is -0.140. The quantitative estimate of drug-likeness (QED) is 0.635. The monoisotopic (exact) mass is 400 g/mol. The largest absolute Gasteiger partial charge is 0.352 e. The van der Waals surface area contributed by atoms with Crippen molar-refractivity contribution in [3.8, 4) is 0 Å². The fourth-order valence-corrected chi connectivity index (χ4v) is 3.35. The zero-order valence-corrected chi connectivity index (χ0v) is 15.2. The normalized spacial score (nSPS) is 17.1. The molecule has 0 spiro atoms. The number of nitrogens with zero attached hydrogens (tertiary/aromatic N) is 1. The Morgan fingerprint density at radius 3 is 2.48 bits per heavy atom. The van der Waals surface area contributed by atoms with Crippen LogP contribution in [-0.2, 0) is 9.59 Å². The molecule has 3 rings (SSSR count). The minimum Gasteiger partial charge on any atom is -0.352 e. The molecule has 0 saturated carbocycles. The molecule has 2 amide bonds. The number of benzene rings is 2. The van der Waals surface area contributed by atoms with Crippen molar-refractivity contribution in [3.05, 3.63) is 69.7 Å². The number of ketones is 1. The van der Waals surface area contributed by atoms with Gasteiger partial charge in [-0.15, -0.1) is 0 Å². The van der Waals surface area contributed by atoms with Gasteiger partial charge >= 0.3 is 0 Å². The van der Waals surface area contributed by atoms with Gasteiger partial charge in [-0.3, -0.25) is 14.4 Å². The van der Waals surface area contributed by atoms with E-state index in [9.17, 15) is 14.4 Å². The lowest BCUT2D eigenvalue weighted by Gasteiger charge is -2.35. The highest BCUT2D eigenvalue weighted by molar-refractivity contribution is 9.10. The van der Waals surface area contributed by atoms with Crippen molar-refractivity contribution < 1.29 is 14.4 Å². The minimum atomic E-state index is -0.828. The Balaban J connectivity index is 1.94. The lowest BCUT2D eigenvalue weighted by Crippen LogP contribution is -2.53. The summed E-state index contributed by atoms with van der Waals surface area (Å²) in [5.74, 6) is -1.56. The molecule has 0 radical (unpaired) electrons. The molecule has 0 aromatic heterocycles. The summed E-state index contributed by atoms with van der Waals surface area (Å²) >= 11 is 3.42. The molecule has 5 nitrogen and oxygen atoms in total. The number of hydrogen-bond donors (Lipinski definition) is 1. The van der Waals surface area contributed by atoms with Crippen LogP contribution >= 0.6 is 15.9 Å². The molecule has 1 saturated heterocycles. The standard InChI is InChI=1S/C19H17BrN2O3/c1-12-6-8-13(9-7-12)17(23)19(25)22-11-10-21-18(24)16(22)14-4-2-3-5-15(14)20/h2-9,16H,10-11H2,1H3,(H,21,24)/t16-/m1/s1. The summed E-state index contributed by atoms with van der Waals surface area (Å²) in [5.41, 5.74) is 1.99. The molecule has 1 aliphatic heterocycles. The van der Waals surface area contributed by atoms with Crippen molar-refractivity contribution in [2.24, 2.45) is 0 Å². The minimum absolute atomic E-state index is 0.286. The first-order valence-corrected chi connectivity index (χ1v) is 8.72. The van der Waals surface area contributed by atoms with Crippen molar-refractivity contribution in [2.75, 3.05) is 13.1 Å². The van der Waals surface area contributed by atoms with Gasteiger partial charge in [0, 0.05) is 23.1 Å². The zero-order chi connectivity index (χ0) is 18.0. The van der Waals surface area contributed by atoms with Gasteiger partial charge in [-0.2, -0.15) is 0 Å². The second-order valence-electron chi connectivity index (χ2n) is 5.91. The van der Waals surface area contributed by atoms with Crippen molar-refractivity contribution in [2.45, 2.75) is 13.0 Å². The zero-order valence-electron chi connectivity index (χ0n) is 13.7. The fraction of sp³-hybridized carbons (Fsp3) is 0.211. The molecule has 1 heterocycles. The van der Waals surface area contributed by atoms with Gasteiger partial charge in [0.25, 0.3) is 5.91 Å². The van der Waals surface area contributed by atoms with Crippen molar-refractivity contribution in [3.63, 3.8) is 0 Å². The molecular formula is C19H17BrN2O3. The van der Waals surface area contributed by atoms with Crippen LogP contribution < -0.4 is 5.32 Å². The number of halogens is 1. The van der Waals surface area contributed by atoms with Gasteiger partial charge in [-0.05, 0) is 18.6 Å². The van der Waals surface area contributed by atoms with E-state index in [1.54, 1.807) is 36.4 Å². The average Bonchev–Trinajstić information content (AvgIpc) is 2.62. The number of Topliss-reactive ketones (excluding diaryl/α,β-unsaturated/α-hetero) is 1. The molecule has 128 valence electrons. The summed E-state index contributed by atoms with van der Waals surface area (Å²) in [5, 5.41) is 2.76. The summed E-state index contributed by atoms with van der Waals surface area (Å²) in [6, 6.07) is 13.2. The molecule has 2 aromatic rings. The molecule has 25 heavy (non-hydrogen) atoms. The maximum atomic E-state index is 12.8. The van der Waals surface area contributed by atoms with Crippen LogP contribution in [0.4, 0.5) is 0 Å². The molecule has 2 aromatic carbocycles. The van der Waals surface area contributed by atoms with Crippen molar-refractivity contribution >= 4 is 33.5 Å². The smallest absolute Gasteiger partial charge is 0.295 e. The van der Waals surface area contributed by atoms with E-state index < -0.39 is 17.7 Å². The number of hydrogen-bond acceptors (Lipinski definition) is 3. The first-order chi connectivity index (χ1) is 12.0. The molecule has 1 aliphatic rings. The molecule has 0 unspecified atom stereocenters. The first-order valence-electron chi connectivity index (χ1n) is 7.93. The number of piperazine rings is 1. The third kappa shape index (κ3) is 3.49. The summed E-state index contributed by atoms with van der Waals surface area (Å²) in [6.45, 7) is 2.52. The van der Waals surface area contributed by atoms with Crippen LogP contribution in [-0.4, -0.2) is 35.6 Å². The topological polar surface area (TPSA) is 66.5 Å². The van der Waals surface area contributed by atoms with Crippen LogP contribution in [0.5, 0.6) is 0 Å².